The lowest BCUT2D eigenvalue weighted by atomic mass is 10.0. The predicted molar refractivity (Wildman–Crippen MR) is 56.0 cm³/mol. The van der Waals surface area contributed by atoms with Crippen molar-refractivity contribution in [1.82, 2.24) is 4.31 Å². The second kappa shape index (κ2) is 4.49. The second-order valence-corrected chi connectivity index (χ2v) is 6.62. The summed E-state index contributed by atoms with van der Waals surface area (Å²) < 4.78 is 24.9. The fraction of sp³-hybridized carbons (Fsp3) is 0.889. The first-order valence-electron chi connectivity index (χ1n) is 5.07. The van der Waals surface area contributed by atoms with E-state index in [0.29, 0.717) is 19.4 Å². The third-order valence-corrected chi connectivity index (χ3v) is 4.93. The molecule has 0 amide bonds. The Labute approximate surface area is 90.1 Å². The Morgan fingerprint density at radius 1 is 1.47 bits per heavy atom. The lowest BCUT2D eigenvalue weighted by molar-refractivity contribution is -0.142. The van der Waals surface area contributed by atoms with Crippen molar-refractivity contribution in [2.75, 3.05) is 13.1 Å². The molecule has 1 heterocycles. The van der Waals surface area contributed by atoms with E-state index in [1.807, 2.05) is 0 Å². The van der Waals surface area contributed by atoms with Gasteiger partial charge in [-0.3, -0.25) is 4.79 Å². The largest absolute Gasteiger partial charge is 0.481 e. The molecule has 0 aromatic heterocycles. The molecule has 15 heavy (non-hydrogen) atoms. The van der Waals surface area contributed by atoms with Crippen molar-refractivity contribution >= 4 is 16.0 Å². The zero-order valence-corrected chi connectivity index (χ0v) is 9.83. The van der Waals surface area contributed by atoms with Gasteiger partial charge in [0.25, 0.3) is 0 Å². The lowest BCUT2D eigenvalue weighted by Gasteiger charge is -2.31. The smallest absolute Gasteiger partial charge is 0.307 e. The van der Waals surface area contributed by atoms with Crippen LogP contribution in [0.1, 0.15) is 26.7 Å². The normalized spacial score (nSPS) is 24.3. The zero-order chi connectivity index (χ0) is 11.6. The molecule has 1 N–H and O–H groups in total. The second-order valence-electron chi connectivity index (χ2n) is 4.13. The molecule has 5 nitrogen and oxygen atoms in total. The summed E-state index contributed by atoms with van der Waals surface area (Å²) in [7, 11) is -3.30. The zero-order valence-electron chi connectivity index (χ0n) is 9.01. The molecular weight excluding hydrogens is 218 g/mol. The molecule has 1 fully saturated rings. The summed E-state index contributed by atoms with van der Waals surface area (Å²) in [4.78, 5) is 10.8. The van der Waals surface area contributed by atoms with Gasteiger partial charge in [-0.2, -0.15) is 0 Å². The van der Waals surface area contributed by atoms with E-state index in [1.165, 1.54) is 4.31 Å². The van der Waals surface area contributed by atoms with Crippen LogP contribution < -0.4 is 0 Å². The van der Waals surface area contributed by atoms with E-state index < -0.39 is 27.2 Å². The molecule has 1 saturated heterocycles. The van der Waals surface area contributed by atoms with Gasteiger partial charge in [0.1, 0.15) is 0 Å². The molecule has 0 spiro atoms. The highest BCUT2D eigenvalue weighted by molar-refractivity contribution is 7.89. The highest BCUT2D eigenvalue weighted by Crippen LogP contribution is 2.21. The molecular formula is C9H17NO4S. The standard InChI is InChI=1S/C9H17NO4S/c1-7(2)15(13,14)10-5-3-4-8(6-10)9(11)12/h7-8H,3-6H2,1-2H3,(H,11,12). The van der Waals surface area contributed by atoms with Crippen molar-refractivity contribution in [3.63, 3.8) is 0 Å². The van der Waals surface area contributed by atoms with Gasteiger partial charge < -0.3 is 5.11 Å². The average Bonchev–Trinajstić information content (AvgIpc) is 2.17. The van der Waals surface area contributed by atoms with Crippen molar-refractivity contribution in [3.05, 3.63) is 0 Å². The Morgan fingerprint density at radius 3 is 2.53 bits per heavy atom. The van der Waals surface area contributed by atoms with E-state index in [9.17, 15) is 13.2 Å². The first-order chi connectivity index (χ1) is 6.85. The Kier molecular flexibility index (Phi) is 3.72. The SMILES string of the molecule is CC(C)S(=O)(=O)N1CCCC(C(=O)O)C1. The van der Waals surface area contributed by atoms with Crippen LogP contribution in [0.3, 0.4) is 0 Å². The quantitative estimate of drug-likeness (QED) is 0.774. The molecule has 0 radical (unpaired) electrons. The van der Waals surface area contributed by atoms with Crippen molar-refractivity contribution in [3.8, 4) is 0 Å². The fourth-order valence-electron chi connectivity index (χ4n) is 1.67. The van der Waals surface area contributed by atoms with Crippen molar-refractivity contribution in [1.29, 1.82) is 0 Å². The number of carbonyl (C=O) groups is 1. The van der Waals surface area contributed by atoms with Crippen molar-refractivity contribution < 1.29 is 18.3 Å². The van der Waals surface area contributed by atoms with Crippen LogP contribution in [0.4, 0.5) is 0 Å². The highest BCUT2D eigenvalue weighted by atomic mass is 32.2. The number of piperidine rings is 1. The van der Waals surface area contributed by atoms with E-state index in [-0.39, 0.29) is 6.54 Å². The minimum Gasteiger partial charge on any atom is -0.481 e. The third-order valence-electron chi connectivity index (χ3n) is 2.69. The molecule has 1 aliphatic rings. The number of hydrogen-bond donors (Lipinski definition) is 1. The van der Waals surface area contributed by atoms with Gasteiger partial charge in [-0.1, -0.05) is 0 Å². The number of nitrogens with zero attached hydrogens (tertiary/aromatic N) is 1. The highest BCUT2D eigenvalue weighted by Gasteiger charge is 2.33. The molecule has 1 unspecified atom stereocenters. The summed E-state index contributed by atoms with van der Waals surface area (Å²) in [6, 6.07) is 0. The van der Waals surface area contributed by atoms with E-state index in [0.717, 1.165) is 0 Å². The first kappa shape index (κ1) is 12.4. The topological polar surface area (TPSA) is 74.7 Å². The van der Waals surface area contributed by atoms with Gasteiger partial charge in [-0.05, 0) is 26.7 Å². The summed E-state index contributed by atoms with van der Waals surface area (Å²) in [5.41, 5.74) is 0. The van der Waals surface area contributed by atoms with Gasteiger partial charge in [0.15, 0.2) is 0 Å². The van der Waals surface area contributed by atoms with Crippen molar-refractivity contribution in [2.45, 2.75) is 31.9 Å². The van der Waals surface area contributed by atoms with E-state index in [2.05, 4.69) is 0 Å². The molecule has 0 aliphatic carbocycles. The fourth-order valence-corrected chi connectivity index (χ4v) is 3.04. The molecule has 0 aromatic carbocycles. The molecule has 1 aliphatic heterocycles. The minimum atomic E-state index is -3.30. The molecule has 0 bridgehead atoms. The first-order valence-corrected chi connectivity index (χ1v) is 6.57. The van der Waals surface area contributed by atoms with Crippen LogP contribution in [0.15, 0.2) is 0 Å². The molecule has 1 atom stereocenters. The maximum atomic E-state index is 11.8. The van der Waals surface area contributed by atoms with Gasteiger partial charge >= 0.3 is 5.97 Å². The van der Waals surface area contributed by atoms with Crippen LogP contribution in [0.25, 0.3) is 0 Å². The Balaban J connectivity index is 2.77. The van der Waals surface area contributed by atoms with Crippen LogP contribution in [0, 0.1) is 5.92 Å². The molecule has 6 heteroatoms. The molecule has 0 aromatic rings. The maximum absolute atomic E-state index is 11.8. The lowest BCUT2D eigenvalue weighted by Crippen LogP contribution is -2.44. The number of rotatable bonds is 3. The number of hydrogen-bond acceptors (Lipinski definition) is 3. The molecule has 1 rings (SSSR count). The van der Waals surface area contributed by atoms with Gasteiger partial charge in [-0.15, -0.1) is 0 Å². The summed E-state index contributed by atoms with van der Waals surface area (Å²) in [6.07, 6.45) is 1.20. The third kappa shape index (κ3) is 2.69. The molecule has 0 saturated carbocycles. The maximum Gasteiger partial charge on any atom is 0.307 e. The van der Waals surface area contributed by atoms with E-state index >= 15 is 0 Å². The van der Waals surface area contributed by atoms with Gasteiger partial charge in [-0.25, -0.2) is 12.7 Å². The Hall–Kier alpha value is -0.620. The van der Waals surface area contributed by atoms with Crippen LogP contribution in [0.2, 0.25) is 0 Å². The summed E-state index contributed by atoms with van der Waals surface area (Å²) in [6.45, 7) is 3.79. The predicted octanol–water partition coefficient (Wildman–Crippen LogP) is 0.521. The average molecular weight is 235 g/mol. The number of carboxylic acids is 1. The Morgan fingerprint density at radius 2 is 2.07 bits per heavy atom. The summed E-state index contributed by atoms with van der Waals surface area (Å²) >= 11 is 0. The van der Waals surface area contributed by atoms with Crippen LogP contribution in [-0.2, 0) is 14.8 Å². The van der Waals surface area contributed by atoms with Gasteiger partial charge in [0.2, 0.25) is 10.0 Å². The van der Waals surface area contributed by atoms with Gasteiger partial charge in [0.05, 0.1) is 11.2 Å². The van der Waals surface area contributed by atoms with E-state index in [1.54, 1.807) is 13.8 Å². The monoisotopic (exact) mass is 235 g/mol. The number of sulfonamides is 1. The number of aliphatic carboxylic acids is 1. The van der Waals surface area contributed by atoms with Crippen LogP contribution >= 0.6 is 0 Å². The minimum absolute atomic E-state index is 0.121. The van der Waals surface area contributed by atoms with E-state index in [4.69, 9.17) is 5.11 Å². The Bertz CT molecular complexity index is 336. The van der Waals surface area contributed by atoms with Crippen LogP contribution in [-0.4, -0.2) is 42.1 Å². The summed E-state index contributed by atoms with van der Waals surface area (Å²) in [5.74, 6) is -1.45. The van der Waals surface area contributed by atoms with Crippen LogP contribution in [0.5, 0.6) is 0 Å². The number of carboxylic acid groups (broad SMARTS) is 1. The van der Waals surface area contributed by atoms with Gasteiger partial charge in [0, 0.05) is 13.1 Å². The molecule has 88 valence electrons. The van der Waals surface area contributed by atoms with Crippen molar-refractivity contribution in [2.24, 2.45) is 5.92 Å². The summed E-state index contributed by atoms with van der Waals surface area (Å²) in [5, 5.41) is 8.36.